The third-order valence-corrected chi connectivity index (χ3v) is 7.44. The summed E-state index contributed by atoms with van der Waals surface area (Å²) in [6.45, 7) is 3.80. The molecule has 194 valence electrons. The van der Waals surface area contributed by atoms with Gasteiger partial charge in [0.25, 0.3) is 0 Å². The first-order valence-corrected chi connectivity index (χ1v) is 13.2. The summed E-state index contributed by atoms with van der Waals surface area (Å²) in [5.74, 6) is 0.778. The van der Waals surface area contributed by atoms with Gasteiger partial charge in [-0.15, -0.1) is 0 Å². The summed E-state index contributed by atoms with van der Waals surface area (Å²) in [4.78, 5) is 36.8. The number of benzene rings is 2. The van der Waals surface area contributed by atoms with Crippen molar-refractivity contribution >= 4 is 40.1 Å². The summed E-state index contributed by atoms with van der Waals surface area (Å²) in [5, 5.41) is 4.74. The number of hydrogen-bond acceptors (Lipinski definition) is 5. The number of pyridine rings is 1. The van der Waals surface area contributed by atoms with E-state index in [0.29, 0.717) is 50.7 Å². The number of methoxy groups -OCH3 is 1. The number of piperazine rings is 1. The van der Waals surface area contributed by atoms with Crippen LogP contribution in [0.15, 0.2) is 54.7 Å². The van der Waals surface area contributed by atoms with Gasteiger partial charge in [-0.05, 0) is 61.2 Å². The Morgan fingerprint density at radius 3 is 2.59 bits per heavy atom. The van der Waals surface area contributed by atoms with Crippen molar-refractivity contribution in [1.29, 1.82) is 0 Å². The molecule has 3 heterocycles. The molecule has 0 spiro atoms. The Labute approximate surface area is 222 Å². The summed E-state index contributed by atoms with van der Waals surface area (Å²) in [5.41, 5.74) is 2.99. The minimum Gasteiger partial charge on any atom is -0.497 e. The minimum atomic E-state index is -0.500. The van der Waals surface area contributed by atoms with Gasteiger partial charge in [0.15, 0.2) is 0 Å². The third kappa shape index (κ3) is 5.74. The number of carbonyl (C=O) groups excluding carboxylic acids is 2. The van der Waals surface area contributed by atoms with Crippen LogP contribution in [0.5, 0.6) is 5.75 Å². The Morgan fingerprint density at radius 2 is 1.84 bits per heavy atom. The molecular formula is C28H32ClN5O3. The number of urea groups is 1. The van der Waals surface area contributed by atoms with Crippen LogP contribution < -0.4 is 15.0 Å². The second-order valence-electron chi connectivity index (χ2n) is 9.57. The van der Waals surface area contributed by atoms with E-state index in [0.717, 1.165) is 40.7 Å². The molecule has 1 N–H and O–H groups in total. The molecule has 3 amide bonds. The van der Waals surface area contributed by atoms with Crippen molar-refractivity contribution in [3.8, 4) is 5.75 Å². The number of likely N-dealkylation sites (tertiary alicyclic amines) is 1. The second kappa shape index (κ2) is 11.3. The molecule has 9 heteroatoms. The first-order chi connectivity index (χ1) is 18.0. The van der Waals surface area contributed by atoms with Crippen LogP contribution in [0.25, 0.3) is 10.9 Å². The van der Waals surface area contributed by atoms with Gasteiger partial charge in [0.05, 0.1) is 12.6 Å². The van der Waals surface area contributed by atoms with Gasteiger partial charge in [-0.3, -0.25) is 9.78 Å². The zero-order valence-electron chi connectivity index (χ0n) is 21.0. The van der Waals surface area contributed by atoms with Crippen molar-refractivity contribution in [1.82, 2.24) is 20.1 Å². The van der Waals surface area contributed by atoms with Crippen molar-refractivity contribution in [2.75, 3.05) is 44.7 Å². The average Bonchev–Trinajstić information content (AvgIpc) is 3.09. The molecule has 1 unspecified atom stereocenters. The summed E-state index contributed by atoms with van der Waals surface area (Å²) in [7, 11) is 1.64. The van der Waals surface area contributed by atoms with Gasteiger partial charge in [-0.25, -0.2) is 4.79 Å². The number of fused-ring (bicyclic) bond motifs is 1. The van der Waals surface area contributed by atoms with Crippen LogP contribution in [0.3, 0.4) is 0 Å². The highest BCUT2D eigenvalue weighted by atomic mass is 35.5. The minimum absolute atomic E-state index is 0.0118. The normalized spacial score (nSPS) is 18.6. The zero-order chi connectivity index (χ0) is 25.8. The highest BCUT2D eigenvalue weighted by molar-refractivity contribution is 6.31. The number of halogens is 1. The quantitative estimate of drug-likeness (QED) is 0.541. The summed E-state index contributed by atoms with van der Waals surface area (Å²) >= 11 is 6.14. The Hall–Kier alpha value is -3.52. The maximum absolute atomic E-state index is 13.3. The summed E-state index contributed by atoms with van der Waals surface area (Å²) < 4.78 is 5.23. The van der Waals surface area contributed by atoms with E-state index in [1.54, 1.807) is 13.3 Å². The standard InChI is InChI=1S/C28H32ClN5O3/c1-37-22-8-5-20(6-9-22)19-34-13-3-2-4-24(27(34)35)31-28(36)33-16-14-32(15-17-33)26-11-12-30-25-18-21(29)7-10-23(25)26/h5-12,18,24H,2-4,13-17,19H2,1H3,(H,31,36). The third-order valence-electron chi connectivity index (χ3n) is 7.20. The number of ether oxygens (including phenoxy) is 1. The van der Waals surface area contributed by atoms with Gasteiger partial charge < -0.3 is 24.8 Å². The lowest BCUT2D eigenvalue weighted by molar-refractivity contribution is -0.133. The number of anilines is 1. The van der Waals surface area contributed by atoms with Crippen molar-refractivity contribution in [2.45, 2.75) is 31.8 Å². The predicted molar refractivity (Wildman–Crippen MR) is 145 cm³/mol. The highest BCUT2D eigenvalue weighted by Crippen LogP contribution is 2.28. The summed E-state index contributed by atoms with van der Waals surface area (Å²) in [6.07, 6.45) is 4.29. The smallest absolute Gasteiger partial charge is 0.318 e. The fourth-order valence-corrected chi connectivity index (χ4v) is 5.29. The average molecular weight is 522 g/mol. The van der Waals surface area contributed by atoms with Crippen LogP contribution in [-0.4, -0.2) is 72.6 Å². The molecule has 5 rings (SSSR count). The molecule has 2 aromatic carbocycles. The molecule has 0 radical (unpaired) electrons. The molecule has 3 aromatic rings. The Morgan fingerprint density at radius 1 is 1.05 bits per heavy atom. The maximum atomic E-state index is 13.3. The van der Waals surface area contributed by atoms with Crippen LogP contribution in [0.2, 0.25) is 5.02 Å². The van der Waals surface area contributed by atoms with E-state index in [2.05, 4.69) is 15.2 Å². The SMILES string of the molecule is COc1ccc(CN2CCCCC(NC(=O)N3CCN(c4ccnc5cc(Cl)ccc45)CC3)C2=O)cc1. The van der Waals surface area contributed by atoms with E-state index in [1.165, 1.54) is 0 Å². The van der Waals surface area contributed by atoms with Gasteiger partial charge in [-0.1, -0.05) is 23.7 Å². The van der Waals surface area contributed by atoms with Gasteiger partial charge in [0.1, 0.15) is 11.8 Å². The first kappa shape index (κ1) is 25.1. The molecule has 8 nitrogen and oxygen atoms in total. The first-order valence-electron chi connectivity index (χ1n) is 12.8. The van der Waals surface area contributed by atoms with E-state index in [9.17, 15) is 9.59 Å². The molecule has 0 aliphatic carbocycles. The number of amides is 3. The fourth-order valence-electron chi connectivity index (χ4n) is 5.12. The van der Waals surface area contributed by atoms with Gasteiger partial charge >= 0.3 is 6.03 Å². The summed E-state index contributed by atoms with van der Waals surface area (Å²) in [6, 6.07) is 14.8. The van der Waals surface area contributed by atoms with E-state index in [4.69, 9.17) is 16.3 Å². The monoisotopic (exact) mass is 521 g/mol. The maximum Gasteiger partial charge on any atom is 0.318 e. The van der Waals surface area contributed by atoms with Gasteiger partial charge in [0.2, 0.25) is 5.91 Å². The molecule has 37 heavy (non-hydrogen) atoms. The number of hydrogen-bond donors (Lipinski definition) is 1. The fraction of sp³-hybridized carbons (Fsp3) is 0.393. The predicted octanol–water partition coefficient (Wildman–Crippen LogP) is 4.31. The lowest BCUT2D eigenvalue weighted by Crippen LogP contribution is -2.56. The molecule has 2 saturated heterocycles. The number of aromatic nitrogens is 1. The number of rotatable bonds is 5. The van der Waals surface area contributed by atoms with Gasteiger partial charge in [-0.2, -0.15) is 0 Å². The number of nitrogens with one attached hydrogen (secondary N) is 1. The molecule has 2 aliphatic rings. The van der Waals surface area contributed by atoms with Crippen molar-refractivity contribution in [2.24, 2.45) is 0 Å². The van der Waals surface area contributed by atoms with Crippen LogP contribution >= 0.6 is 11.6 Å². The second-order valence-corrected chi connectivity index (χ2v) is 10.0. The molecule has 2 aliphatic heterocycles. The number of carbonyl (C=O) groups is 2. The van der Waals surface area contributed by atoms with E-state index >= 15 is 0 Å². The van der Waals surface area contributed by atoms with Crippen LogP contribution in [0, 0.1) is 0 Å². The molecule has 0 saturated carbocycles. The van der Waals surface area contributed by atoms with Crippen LogP contribution in [0.1, 0.15) is 24.8 Å². The van der Waals surface area contributed by atoms with Crippen molar-refractivity contribution in [3.05, 3.63) is 65.3 Å². The number of nitrogens with zero attached hydrogens (tertiary/aromatic N) is 4. The van der Waals surface area contributed by atoms with Crippen LogP contribution in [-0.2, 0) is 11.3 Å². The largest absolute Gasteiger partial charge is 0.497 e. The Bertz CT molecular complexity index is 1260. The zero-order valence-corrected chi connectivity index (χ0v) is 21.8. The van der Waals surface area contributed by atoms with E-state index in [-0.39, 0.29) is 11.9 Å². The molecular weight excluding hydrogens is 490 g/mol. The lowest BCUT2D eigenvalue weighted by atomic mass is 10.1. The van der Waals surface area contributed by atoms with Crippen molar-refractivity contribution in [3.63, 3.8) is 0 Å². The Balaban J connectivity index is 1.19. The molecule has 1 atom stereocenters. The molecule has 1 aromatic heterocycles. The molecule has 0 bridgehead atoms. The Kier molecular flexibility index (Phi) is 7.65. The molecule has 2 fully saturated rings. The van der Waals surface area contributed by atoms with Crippen LogP contribution in [0.4, 0.5) is 10.5 Å². The van der Waals surface area contributed by atoms with E-state index < -0.39 is 6.04 Å². The lowest BCUT2D eigenvalue weighted by Gasteiger charge is -2.37. The van der Waals surface area contributed by atoms with Crippen molar-refractivity contribution < 1.29 is 14.3 Å². The van der Waals surface area contributed by atoms with E-state index in [1.807, 2.05) is 58.3 Å². The van der Waals surface area contributed by atoms with Gasteiger partial charge in [0, 0.05) is 61.6 Å². The highest BCUT2D eigenvalue weighted by Gasteiger charge is 2.31. The topological polar surface area (TPSA) is 78.0 Å².